The first-order chi connectivity index (χ1) is 11.3. The van der Waals surface area contributed by atoms with Gasteiger partial charge in [0, 0.05) is 10.3 Å². The van der Waals surface area contributed by atoms with E-state index in [9.17, 15) is 4.79 Å². The van der Waals surface area contributed by atoms with Crippen LogP contribution in [0.5, 0.6) is 5.88 Å². The van der Waals surface area contributed by atoms with Crippen LogP contribution in [-0.4, -0.2) is 17.0 Å². The number of benzene rings is 2. The molecule has 2 heterocycles. The highest BCUT2D eigenvalue weighted by Crippen LogP contribution is 2.41. The zero-order valence-electron chi connectivity index (χ0n) is 12.7. The summed E-state index contributed by atoms with van der Waals surface area (Å²) in [6.45, 7) is 0. The van der Waals surface area contributed by atoms with Crippen LogP contribution in [0.1, 0.15) is 28.4 Å². The Bertz CT molecular complexity index is 893. The Hall–Kier alpha value is -2.33. The summed E-state index contributed by atoms with van der Waals surface area (Å²) >= 11 is 1.57. The lowest BCUT2D eigenvalue weighted by molar-refractivity contribution is 0.0835. The molecule has 23 heavy (non-hydrogen) atoms. The number of Topliss-reactive ketones (excluding diaryl/α,β-unsaturated/α-hetero) is 1. The number of aromatic nitrogens is 1. The quantitative estimate of drug-likeness (QED) is 0.643. The van der Waals surface area contributed by atoms with E-state index >= 15 is 0 Å². The van der Waals surface area contributed by atoms with Crippen molar-refractivity contribution < 1.29 is 9.53 Å². The van der Waals surface area contributed by atoms with Gasteiger partial charge in [0.05, 0.1) is 17.5 Å². The molecule has 0 saturated heterocycles. The third-order valence-electron chi connectivity index (χ3n) is 4.09. The maximum Gasteiger partial charge on any atom is 0.226 e. The number of para-hydroxylation sites is 1. The fourth-order valence-corrected chi connectivity index (χ4v) is 3.80. The molecular weight excluding hydrogens is 306 g/mol. The fourth-order valence-electron chi connectivity index (χ4n) is 3.00. The maximum atomic E-state index is 12.8. The van der Waals surface area contributed by atoms with Gasteiger partial charge >= 0.3 is 0 Å². The maximum absolute atomic E-state index is 12.8. The smallest absolute Gasteiger partial charge is 0.226 e. The van der Waals surface area contributed by atoms with Gasteiger partial charge in [-0.1, -0.05) is 48.5 Å². The topological polar surface area (TPSA) is 39.2 Å². The van der Waals surface area contributed by atoms with Crippen molar-refractivity contribution in [3.05, 3.63) is 65.7 Å². The second-order valence-electron chi connectivity index (χ2n) is 5.49. The van der Waals surface area contributed by atoms with Gasteiger partial charge in [0.1, 0.15) is 6.10 Å². The number of fused-ring (bicyclic) bond motifs is 2. The van der Waals surface area contributed by atoms with Crippen LogP contribution >= 0.6 is 11.8 Å². The van der Waals surface area contributed by atoms with Crippen molar-refractivity contribution >= 4 is 28.4 Å². The van der Waals surface area contributed by atoms with Crippen LogP contribution in [-0.2, 0) is 0 Å². The summed E-state index contributed by atoms with van der Waals surface area (Å²) < 4.78 is 6.09. The molecule has 0 radical (unpaired) electrons. The lowest BCUT2D eigenvalue weighted by Gasteiger charge is -2.26. The third-order valence-corrected chi connectivity index (χ3v) is 4.92. The Morgan fingerprint density at radius 3 is 2.61 bits per heavy atom. The molecule has 1 aliphatic heterocycles. The first-order valence-electron chi connectivity index (χ1n) is 7.49. The van der Waals surface area contributed by atoms with Gasteiger partial charge in [0.25, 0.3) is 0 Å². The number of hydrogen-bond acceptors (Lipinski definition) is 4. The number of carbonyl (C=O) groups is 1. The fraction of sp³-hybridized carbons (Fsp3) is 0.158. The van der Waals surface area contributed by atoms with Crippen molar-refractivity contribution in [1.82, 2.24) is 4.98 Å². The average Bonchev–Trinajstić information content (AvgIpc) is 2.60. The monoisotopic (exact) mass is 321 g/mol. The number of thioether (sulfide) groups is 1. The van der Waals surface area contributed by atoms with Crippen molar-refractivity contribution in [2.75, 3.05) is 6.26 Å². The molecule has 114 valence electrons. The summed E-state index contributed by atoms with van der Waals surface area (Å²) in [5, 5.41) is 1.01. The van der Waals surface area contributed by atoms with Crippen LogP contribution < -0.4 is 4.74 Å². The number of carbonyl (C=O) groups excluding carboxylic acids is 1. The van der Waals surface area contributed by atoms with E-state index in [0.29, 0.717) is 17.9 Å². The molecule has 0 bridgehead atoms. The van der Waals surface area contributed by atoms with Crippen LogP contribution in [0.15, 0.2) is 59.5 Å². The van der Waals surface area contributed by atoms with E-state index < -0.39 is 0 Å². The van der Waals surface area contributed by atoms with Gasteiger partial charge in [-0.25, -0.2) is 4.98 Å². The van der Waals surface area contributed by atoms with Gasteiger partial charge in [0.2, 0.25) is 5.88 Å². The molecule has 2 aromatic carbocycles. The molecular formula is C19H15NO2S. The van der Waals surface area contributed by atoms with Gasteiger partial charge < -0.3 is 4.74 Å². The minimum absolute atomic E-state index is 0.0997. The largest absolute Gasteiger partial charge is 0.468 e. The Balaban J connectivity index is 1.88. The molecule has 3 aromatic rings. The summed E-state index contributed by atoms with van der Waals surface area (Å²) in [4.78, 5) is 18.3. The molecule has 0 amide bonds. The summed E-state index contributed by atoms with van der Waals surface area (Å²) in [7, 11) is 0. The van der Waals surface area contributed by atoms with E-state index in [1.165, 1.54) is 0 Å². The van der Waals surface area contributed by atoms with Crippen LogP contribution in [0.25, 0.3) is 10.9 Å². The standard InChI is InChI=1S/C19H15NO2S/c1-23-18-13-9-5-6-10-14(13)20-19-17(18)15(21)11-16(22-19)12-7-3-2-4-8-12/h2-10,16H,11H2,1H3. The molecule has 4 heteroatoms. The second kappa shape index (κ2) is 5.70. The van der Waals surface area contributed by atoms with Crippen molar-refractivity contribution in [2.45, 2.75) is 17.4 Å². The molecule has 1 aromatic heterocycles. The Kier molecular flexibility index (Phi) is 3.54. The number of pyridine rings is 1. The predicted molar refractivity (Wildman–Crippen MR) is 92.3 cm³/mol. The number of ether oxygens (including phenoxy) is 1. The molecule has 1 atom stereocenters. The average molecular weight is 321 g/mol. The summed E-state index contributed by atoms with van der Waals surface area (Å²) in [5.41, 5.74) is 2.49. The molecule has 1 unspecified atom stereocenters. The Morgan fingerprint density at radius 1 is 1.09 bits per heavy atom. The van der Waals surface area contributed by atoms with E-state index in [1.807, 2.05) is 60.9 Å². The molecule has 0 saturated carbocycles. The number of nitrogens with zero attached hydrogens (tertiary/aromatic N) is 1. The van der Waals surface area contributed by atoms with Gasteiger partial charge in [0.15, 0.2) is 5.78 Å². The van der Waals surface area contributed by atoms with Crippen molar-refractivity contribution in [1.29, 1.82) is 0 Å². The predicted octanol–water partition coefficient (Wildman–Crippen LogP) is 4.66. The molecule has 0 N–H and O–H groups in total. The van der Waals surface area contributed by atoms with Crippen LogP contribution in [0, 0.1) is 0 Å². The van der Waals surface area contributed by atoms with Gasteiger partial charge in [-0.2, -0.15) is 0 Å². The van der Waals surface area contributed by atoms with Crippen molar-refractivity contribution in [3.8, 4) is 5.88 Å². The molecule has 0 spiro atoms. The third kappa shape index (κ3) is 2.39. The van der Waals surface area contributed by atoms with Gasteiger partial charge in [-0.15, -0.1) is 11.8 Å². The number of hydrogen-bond donors (Lipinski definition) is 0. The second-order valence-corrected chi connectivity index (χ2v) is 6.30. The van der Waals surface area contributed by atoms with E-state index in [4.69, 9.17) is 4.74 Å². The molecule has 0 aliphatic carbocycles. The zero-order chi connectivity index (χ0) is 15.8. The highest BCUT2D eigenvalue weighted by Gasteiger charge is 2.32. The minimum Gasteiger partial charge on any atom is -0.468 e. The van der Waals surface area contributed by atoms with E-state index in [2.05, 4.69) is 4.98 Å². The first-order valence-corrected chi connectivity index (χ1v) is 8.72. The van der Waals surface area contributed by atoms with E-state index in [0.717, 1.165) is 21.4 Å². The van der Waals surface area contributed by atoms with Crippen LogP contribution in [0.4, 0.5) is 0 Å². The number of rotatable bonds is 2. The molecule has 4 rings (SSSR count). The Morgan fingerprint density at radius 2 is 1.83 bits per heavy atom. The van der Waals surface area contributed by atoms with Crippen LogP contribution in [0.3, 0.4) is 0 Å². The Labute approximate surface area is 138 Å². The lowest BCUT2D eigenvalue weighted by Crippen LogP contribution is -2.22. The van der Waals surface area contributed by atoms with Crippen molar-refractivity contribution in [3.63, 3.8) is 0 Å². The van der Waals surface area contributed by atoms with Gasteiger partial charge in [-0.05, 0) is 17.9 Å². The summed E-state index contributed by atoms with van der Waals surface area (Å²) in [6, 6.07) is 17.7. The zero-order valence-corrected chi connectivity index (χ0v) is 13.5. The number of ketones is 1. The van der Waals surface area contributed by atoms with E-state index in [-0.39, 0.29) is 11.9 Å². The molecule has 0 fully saturated rings. The van der Waals surface area contributed by atoms with Gasteiger partial charge in [-0.3, -0.25) is 4.79 Å². The lowest BCUT2D eigenvalue weighted by atomic mass is 9.97. The highest BCUT2D eigenvalue weighted by atomic mass is 32.2. The minimum atomic E-state index is -0.264. The summed E-state index contributed by atoms with van der Waals surface area (Å²) in [6.07, 6.45) is 2.07. The first kappa shape index (κ1) is 14.3. The molecule has 3 nitrogen and oxygen atoms in total. The molecule has 1 aliphatic rings. The summed E-state index contributed by atoms with van der Waals surface area (Å²) in [5.74, 6) is 0.556. The SMILES string of the molecule is CSc1c2c(nc3ccccc13)OC(c1ccccc1)CC2=O. The van der Waals surface area contributed by atoms with E-state index in [1.54, 1.807) is 11.8 Å². The van der Waals surface area contributed by atoms with Crippen LogP contribution in [0.2, 0.25) is 0 Å². The highest BCUT2D eigenvalue weighted by molar-refractivity contribution is 7.99. The van der Waals surface area contributed by atoms with Crippen molar-refractivity contribution in [2.24, 2.45) is 0 Å². The normalized spacial score (nSPS) is 16.9.